The molecule has 0 saturated heterocycles. The van der Waals surface area contributed by atoms with Gasteiger partial charge in [0.05, 0.1) is 19.8 Å². The van der Waals surface area contributed by atoms with E-state index in [1.54, 1.807) is 6.26 Å². The lowest BCUT2D eigenvalue weighted by atomic mass is 9.96. The van der Waals surface area contributed by atoms with Gasteiger partial charge in [0, 0.05) is 23.2 Å². The molecule has 108 valence electrons. The lowest BCUT2D eigenvalue weighted by Gasteiger charge is -2.11. The summed E-state index contributed by atoms with van der Waals surface area (Å²) < 4.78 is 10.4. The Balaban J connectivity index is 2.36. The Morgan fingerprint density at radius 1 is 1.40 bits per heavy atom. The summed E-state index contributed by atoms with van der Waals surface area (Å²) in [6, 6.07) is 6.26. The monoisotopic (exact) mass is 275 g/mol. The molecule has 1 unspecified atom stereocenters. The zero-order chi connectivity index (χ0) is 14.7. The molecule has 0 radical (unpaired) electrons. The molecule has 2 rings (SSSR count). The minimum atomic E-state index is -0.274. The van der Waals surface area contributed by atoms with Crippen molar-refractivity contribution in [3.63, 3.8) is 0 Å². The predicted octanol–water partition coefficient (Wildman–Crippen LogP) is 3.16. The van der Waals surface area contributed by atoms with Crippen LogP contribution in [0.4, 0.5) is 0 Å². The Morgan fingerprint density at radius 2 is 2.15 bits per heavy atom. The van der Waals surface area contributed by atoms with Crippen LogP contribution in [0.1, 0.15) is 43.4 Å². The molecule has 0 fully saturated rings. The van der Waals surface area contributed by atoms with Crippen molar-refractivity contribution in [3.8, 4) is 0 Å². The Labute approximate surface area is 118 Å². The third-order valence-electron chi connectivity index (χ3n) is 3.62. The summed E-state index contributed by atoms with van der Waals surface area (Å²) in [6.07, 6.45) is 1.97. The zero-order valence-electron chi connectivity index (χ0n) is 12.2. The molecule has 0 saturated carbocycles. The molecule has 1 aromatic heterocycles. The van der Waals surface area contributed by atoms with Crippen LogP contribution in [0.2, 0.25) is 0 Å². The number of carbonyl (C=O) groups is 1. The number of rotatable bonds is 5. The second kappa shape index (κ2) is 6.09. The number of fused-ring (bicyclic) bond motifs is 1. The highest BCUT2D eigenvalue weighted by Crippen LogP contribution is 2.31. The van der Waals surface area contributed by atoms with Crippen molar-refractivity contribution in [2.24, 2.45) is 5.73 Å². The molecule has 1 atom stereocenters. The Bertz CT molecular complexity index is 601. The van der Waals surface area contributed by atoms with Gasteiger partial charge in [-0.25, -0.2) is 0 Å². The van der Waals surface area contributed by atoms with E-state index in [1.165, 1.54) is 12.7 Å². The van der Waals surface area contributed by atoms with E-state index >= 15 is 0 Å². The van der Waals surface area contributed by atoms with Crippen LogP contribution in [0.3, 0.4) is 0 Å². The molecule has 1 heterocycles. The highest BCUT2D eigenvalue weighted by atomic mass is 16.5. The quantitative estimate of drug-likeness (QED) is 0.851. The standard InChI is InChI=1S/C16H21NO3/c1-10(2)11-4-5-14-13(6-11)9-20-16(14)12(8-17)7-15(18)19-3/h4-6,9-10,12H,7-8,17H2,1-3H3. The van der Waals surface area contributed by atoms with Crippen LogP contribution < -0.4 is 5.73 Å². The van der Waals surface area contributed by atoms with E-state index in [0.717, 1.165) is 16.5 Å². The van der Waals surface area contributed by atoms with Gasteiger partial charge in [0.2, 0.25) is 0 Å². The van der Waals surface area contributed by atoms with E-state index in [1.807, 2.05) is 6.07 Å². The number of ether oxygens (including phenoxy) is 1. The number of furan rings is 1. The number of esters is 1. The van der Waals surface area contributed by atoms with Crippen molar-refractivity contribution in [2.45, 2.75) is 32.1 Å². The molecular weight excluding hydrogens is 254 g/mol. The number of hydrogen-bond donors (Lipinski definition) is 1. The lowest BCUT2D eigenvalue weighted by Crippen LogP contribution is -2.17. The summed E-state index contributed by atoms with van der Waals surface area (Å²) in [5.74, 6) is 0.815. The first-order valence-corrected chi connectivity index (χ1v) is 6.84. The average molecular weight is 275 g/mol. The third kappa shape index (κ3) is 2.85. The van der Waals surface area contributed by atoms with Gasteiger partial charge in [-0.15, -0.1) is 0 Å². The molecule has 2 N–H and O–H groups in total. The van der Waals surface area contributed by atoms with E-state index in [-0.39, 0.29) is 18.3 Å². The number of hydrogen-bond acceptors (Lipinski definition) is 4. The normalized spacial score (nSPS) is 12.8. The van der Waals surface area contributed by atoms with Gasteiger partial charge in [0.25, 0.3) is 0 Å². The lowest BCUT2D eigenvalue weighted by molar-refractivity contribution is -0.141. The smallest absolute Gasteiger partial charge is 0.306 e. The summed E-state index contributed by atoms with van der Waals surface area (Å²) in [7, 11) is 1.38. The van der Waals surface area contributed by atoms with Crippen molar-refractivity contribution < 1.29 is 13.9 Å². The van der Waals surface area contributed by atoms with Gasteiger partial charge in [0.1, 0.15) is 5.76 Å². The molecule has 20 heavy (non-hydrogen) atoms. The SMILES string of the molecule is COC(=O)CC(CN)c1occ2cc(C(C)C)ccc12. The van der Waals surface area contributed by atoms with Gasteiger partial charge in [-0.1, -0.05) is 26.0 Å². The number of methoxy groups -OCH3 is 1. The van der Waals surface area contributed by atoms with Gasteiger partial charge in [-0.3, -0.25) is 4.79 Å². The summed E-state index contributed by atoms with van der Waals surface area (Å²) in [5, 5.41) is 2.07. The minimum absolute atomic E-state index is 0.148. The highest BCUT2D eigenvalue weighted by Gasteiger charge is 2.21. The highest BCUT2D eigenvalue weighted by molar-refractivity contribution is 5.86. The van der Waals surface area contributed by atoms with Crippen LogP contribution in [0.5, 0.6) is 0 Å². The fourth-order valence-corrected chi connectivity index (χ4v) is 2.34. The van der Waals surface area contributed by atoms with E-state index in [0.29, 0.717) is 12.5 Å². The molecule has 0 aliphatic rings. The van der Waals surface area contributed by atoms with Gasteiger partial charge in [-0.2, -0.15) is 0 Å². The van der Waals surface area contributed by atoms with Crippen LogP contribution in [0.15, 0.2) is 28.9 Å². The topological polar surface area (TPSA) is 65.5 Å². The van der Waals surface area contributed by atoms with E-state index in [9.17, 15) is 4.79 Å². The van der Waals surface area contributed by atoms with Gasteiger partial charge >= 0.3 is 5.97 Å². The molecule has 0 amide bonds. The van der Waals surface area contributed by atoms with Crippen LogP contribution >= 0.6 is 0 Å². The summed E-state index contributed by atoms with van der Waals surface area (Å²) in [4.78, 5) is 11.4. The van der Waals surface area contributed by atoms with E-state index in [4.69, 9.17) is 14.9 Å². The number of carbonyl (C=O) groups excluding carboxylic acids is 1. The van der Waals surface area contributed by atoms with Crippen molar-refractivity contribution in [1.82, 2.24) is 0 Å². The maximum Gasteiger partial charge on any atom is 0.306 e. The first-order valence-electron chi connectivity index (χ1n) is 6.84. The average Bonchev–Trinajstić information content (AvgIpc) is 2.87. The summed E-state index contributed by atoms with van der Waals surface area (Å²) in [6.45, 7) is 4.66. The van der Waals surface area contributed by atoms with Crippen LogP contribution in [-0.2, 0) is 9.53 Å². The maximum absolute atomic E-state index is 11.4. The fraction of sp³-hybridized carbons (Fsp3) is 0.438. The maximum atomic E-state index is 11.4. The molecule has 0 bridgehead atoms. The molecule has 2 aromatic rings. The molecule has 1 aromatic carbocycles. The molecule has 4 heteroatoms. The third-order valence-corrected chi connectivity index (χ3v) is 3.62. The first-order chi connectivity index (χ1) is 9.56. The summed E-state index contributed by atoms with van der Waals surface area (Å²) in [5.41, 5.74) is 7.03. The van der Waals surface area contributed by atoms with Crippen LogP contribution in [0.25, 0.3) is 10.8 Å². The van der Waals surface area contributed by atoms with Crippen molar-refractivity contribution in [3.05, 3.63) is 35.8 Å². The molecular formula is C16H21NO3. The summed E-state index contributed by atoms with van der Waals surface area (Å²) >= 11 is 0. The van der Waals surface area contributed by atoms with E-state index in [2.05, 4.69) is 26.0 Å². The van der Waals surface area contributed by atoms with Crippen LogP contribution in [0, 0.1) is 0 Å². The van der Waals surface area contributed by atoms with Gasteiger partial charge in [0.15, 0.2) is 0 Å². The molecule has 0 aliphatic heterocycles. The Kier molecular flexibility index (Phi) is 4.45. The Hall–Kier alpha value is -1.81. The molecule has 4 nitrogen and oxygen atoms in total. The van der Waals surface area contributed by atoms with E-state index < -0.39 is 0 Å². The second-order valence-corrected chi connectivity index (χ2v) is 5.31. The van der Waals surface area contributed by atoms with Crippen LogP contribution in [-0.4, -0.2) is 19.6 Å². The van der Waals surface area contributed by atoms with Crippen molar-refractivity contribution in [2.75, 3.05) is 13.7 Å². The Morgan fingerprint density at radius 3 is 2.75 bits per heavy atom. The zero-order valence-corrected chi connectivity index (χ0v) is 12.2. The fourth-order valence-electron chi connectivity index (χ4n) is 2.34. The molecule has 0 spiro atoms. The van der Waals surface area contributed by atoms with Gasteiger partial charge < -0.3 is 14.9 Å². The second-order valence-electron chi connectivity index (χ2n) is 5.31. The number of benzene rings is 1. The minimum Gasteiger partial charge on any atom is -0.469 e. The largest absolute Gasteiger partial charge is 0.469 e. The van der Waals surface area contributed by atoms with Crippen molar-refractivity contribution >= 4 is 16.7 Å². The molecule has 0 aliphatic carbocycles. The van der Waals surface area contributed by atoms with Crippen molar-refractivity contribution in [1.29, 1.82) is 0 Å². The first kappa shape index (κ1) is 14.6. The predicted molar refractivity (Wildman–Crippen MR) is 78.7 cm³/mol. The number of nitrogens with two attached hydrogens (primary N) is 1. The van der Waals surface area contributed by atoms with Gasteiger partial charge in [-0.05, 0) is 17.5 Å².